The van der Waals surface area contributed by atoms with E-state index in [0.29, 0.717) is 30.8 Å². The van der Waals surface area contributed by atoms with Crippen LogP contribution in [0.3, 0.4) is 0 Å². The molecule has 2 aromatic carbocycles. The Hall–Kier alpha value is -2.82. The maximum Gasteiger partial charge on any atom is 0.184 e. The SMILES string of the molecule is C#C[C@H]1[C@@H]2C[C@@H](C)[C@@H](OCc3ccc(OC)cc3)[C@@H]2C=C[C@H]1C[C@H]1C[C@@H](CCO)O[C@@H](c2ccc(OC)cc2)O1. The highest BCUT2D eigenvalue weighted by molar-refractivity contribution is 5.28. The van der Waals surface area contributed by atoms with Crippen molar-refractivity contribution in [1.29, 1.82) is 0 Å². The monoisotopic (exact) mass is 546 g/mol. The van der Waals surface area contributed by atoms with E-state index in [-0.39, 0.29) is 36.8 Å². The molecule has 6 nitrogen and oxygen atoms in total. The van der Waals surface area contributed by atoms with E-state index >= 15 is 0 Å². The number of methoxy groups -OCH3 is 2. The second-order valence-electron chi connectivity index (χ2n) is 11.4. The fraction of sp³-hybridized carbons (Fsp3) is 0.529. The number of hydrogen-bond donors (Lipinski definition) is 1. The molecule has 2 aliphatic carbocycles. The Morgan fingerprint density at radius 1 is 0.925 bits per heavy atom. The third kappa shape index (κ3) is 6.39. The molecule has 2 aromatic rings. The van der Waals surface area contributed by atoms with Crippen LogP contribution in [0.25, 0.3) is 0 Å². The summed E-state index contributed by atoms with van der Waals surface area (Å²) in [4.78, 5) is 0. The van der Waals surface area contributed by atoms with Gasteiger partial charge in [-0.15, -0.1) is 12.3 Å². The molecule has 1 N–H and O–H groups in total. The minimum atomic E-state index is -0.479. The van der Waals surface area contributed by atoms with Crippen molar-refractivity contribution in [3.8, 4) is 23.8 Å². The van der Waals surface area contributed by atoms with Crippen LogP contribution in [-0.4, -0.2) is 44.2 Å². The third-order valence-corrected chi connectivity index (χ3v) is 8.91. The van der Waals surface area contributed by atoms with Crippen LogP contribution in [0.15, 0.2) is 60.7 Å². The summed E-state index contributed by atoms with van der Waals surface area (Å²) in [6.45, 7) is 2.95. The zero-order valence-corrected chi connectivity index (χ0v) is 23.8. The topological polar surface area (TPSA) is 66.4 Å². The molecule has 2 fully saturated rings. The summed E-state index contributed by atoms with van der Waals surface area (Å²) >= 11 is 0. The van der Waals surface area contributed by atoms with E-state index in [4.69, 9.17) is 30.1 Å². The van der Waals surface area contributed by atoms with Gasteiger partial charge in [0.25, 0.3) is 0 Å². The Labute approximate surface area is 238 Å². The molecule has 0 aromatic heterocycles. The lowest BCUT2D eigenvalue weighted by Crippen LogP contribution is -2.38. The largest absolute Gasteiger partial charge is 0.497 e. The molecule has 0 amide bonds. The van der Waals surface area contributed by atoms with Crippen LogP contribution in [0.5, 0.6) is 11.5 Å². The van der Waals surface area contributed by atoms with Crippen LogP contribution in [-0.2, 0) is 20.8 Å². The van der Waals surface area contributed by atoms with E-state index in [2.05, 4.69) is 37.1 Å². The Morgan fingerprint density at radius 3 is 2.25 bits per heavy atom. The number of benzene rings is 2. The first-order chi connectivity index (χ1) is 19.5. The number of aliphatic hydroxyl groups excluding tert-OH is 1. The fourth-order valence-corrected chi connectivity index (χ4v) is 6.84. The van der Waals surface area contributed by atoms with Gasteiger partial charge in [-0.2, -0.15) is 0 Å². The van der Waals surface area contributed by atoms with Gasteiger partial charge in [0.1, 0.15) is 11.5 Å². The van der Waals surface area contributed by atoms with E-state index < -0.39 is 6.29 Å². The summed E-state index contributed by atoms with van der Waals surface area (Å²) < 4.78 is 29.8. The van der Waals surface area contributed by atoms with Crippen LogP contribution in [0.2, 0.25) is 0 Å². The Kier molecular flexibility index (Phi) is 9.49. The van der Waals surface area contributed by atoms with Crippen molar-refractivity contribution in [2.75, 3.05) is 20.8 Å². The van der Waals surface area contributed by atoms with Gasteiger partial charge in [0.05, 0.1) is 39.1 Å². The first-order valence-electron chi connectivity index (χ1n) is 14.5. The van der Waals surface area contributed by atoms with E-state index in [1.54, 1.807) is 14.2 Å². The van der Waals surface area contributed by atoms with Crippen molar-refractivity contribution in [2.45, 2.75) is 63.8 Å². The summed E-state index contributed by atoms with van der Waals surface area (Å²) in [5.41, 5.74) is 2.09. The maximum atomic E-state index is 9.63. The molecule has 40 heavy (non-hydrogen) atoms. The first kappa shape index (κ1) is 28.7. The highest BCUT2D eigenvalue weighted by Gasteiger charge is 2.48. The molecule has 5 rings (SSSR count). The molecular weight excluding hydrogens is 504 g/mol. The average molecular weight is 547 g/mol. The summed E-state index contributed by atoms with van der Waals surface area (Å²) in [7, 11) is 3.33. The predicted molar refractivity (Wildman–Crippen MR) is 154 cm³/mol. The second-order valence-corrected chi connectivity index (χ2v) is 11.4. The second kappa shape index (κ2) is 13.2. The number of aliphatic hydroxyl groups is 1. The molecule has 1 saturated carbocycles. The lowest BCUT2D eigenvalue weighted by atomic mass is 9.70. The van der Waals surface area contributed by atoms with Crippen molar-refractivity contribution in [3.63, 3.8) is 0 Å². The highest BCUT2D eigenvalue weighted by atomic mass is 16.7. The first-order valence-corrected chi connectivity index (χ1v) is 14.5. The molecule has 0 radical (unpaired) electrons. The van der Waals surface area contributed by atoms with Gasteiger partial charge in [0.15, 0.2) is 6.29 Å². The van der Waals surface area contributed by atoms with Crippen molar-refractivity contribution >= 4 is 0 Å². The highest BCUT2D eigenvalue weighted by Crippen LogP contribution is 2.50. The molecule has 0 bridgehead atoms. The summed E-state index contributed by atoms with van der Waals surface area (Å²) in [6, 6.07) is 15.9. The van der Waals surface area contributed by atoms with Crippen LogP contribution < -0.4 is 9.47 Å². The van der Waals surface area contributed by atoms with Crippen LogP contribution >= 0.6 is 0 Å². The third-order valence-electron chi connectivity index (χ3n) is 8.91. The summed E-state index contributed by atoms with van der Waals surface area (Å²) in [6.07, 6.45) is 13.7. The number of allylic oxidation sites excluding steroid dienone is 1. The van der Waals surface area contributed by atoms with Gasteiger partial charge >= 0.3 is 0 Å². The zero-order valence-electron chi connectivity index (χ0n) is 23.8. The minimum absolute atomic E-state index is 0.0135. The normalized spacial score (nSPS) is 33.2. The lowest BCUT2D eigenvalue weighted by molar-refractivity contribution is -0.252. The van der Waals surface area contributed by atoms with Gasteiger partial charge < -0.3 is 28.8 Å². The van der Waals surface area contributed by atoms with Gasteiger partial charge in [0, 0.05) is 30.4 Å². The molecule has 6 heteroatoms. The molecular formula is C34H42O6. The lowest BCUT2D eigenvalue weighted by Gasteiger charge is -2.40. The summed E-state index contributed by atoms with van der Waals surface area (Å²) in [5.74, 6) is 6.31. The minimum Gasteiger partial charge on any atom is -0.497 e. The number of terminal acetylenes is 1. The molecule has 1 saturated heterocycles. The zero-order chi connectivity index (χ0) is 28.1. The fourth-order valence-electron chi connectivity index (χ4n) is 6.84. The summed E-state index contributed by atoms with van der Waals surface area (Å²) in [5, 5.41) is 9.63. The van der Waals surface area contributed by atoms with Crippen LogP contribution in [0, 0.1) is 41.9 Å². The van der Waals surface area contributed by atoms with Crippen molar-refractivity contribution in [2.24, 2.45) is 29.6 Å². The molecule has 0 unspecified atom stereocenters. The van der Waals surface area contributed by atoms with Crippen molar-refractivity contribution in [1.82, 2.24) is 0 Å². The van der Waals surface area contributed by atoms with E-state index in [1.807, 2.05) is 36.4 Å². The van der Waals surface area contributed by atoms with E-state index in [1.165, 1.54) is 0 Å². The number of ether oxygens (including phenoxy) is 5. The molecule has 3 aliphatic rings. The number of rotatable bonds is 10. The molecule has 1 aliphatic heterocycles. The van der Waals surface area contributed by atoms with Gasteiger partial charge in [-0.1, -0.05) is 43.3 Å². The van der Waals surface area contributed by atoms with E-state index in [0.717, 1.165) is 41.9 Å². The van der Waals surface area contributed by atoms with E-state index in [9.17, 15) is 5.11 Å². The van der Waals surface area contributed by atoms with Gasteiger partial charge in [-0.3, -0.25) is 0 Å². The van der Waals surface area contributed by atoms with Gasteiger partial charge in [0.2, 0.25) is 0 Å². The standard InChI is InChI=1S/C34H42O6/c1-5-30-25(19-29-20-28(16-17-35)39-34(40-29)24-8-13-27(37-4)14-9-24)10-15-31-32(30)18-22(2)33(31)38-21-23-6-11-26(36-3)12-7-23/h1,6-15,22,25,28-35H,16-21H2,2-4H3/t22-,25+,28-,29+,30-,31-,32+,33-,34-/m1/s1. The predicted octanol–water partition coefficient (Wildman–Crippen LogP) is 5.94. The average Bonchev–Trinajstić information content (AvgIpc) is 3.31. The Bertz CT molecular complexity index is 1150. The number of fused-ring (bicyclic) bond motifs is 1. The smallest absolute Gasteiger partial charge is 0.184 e. The molecule has 1 heterocycles. The molecule has 214 valence electrons. The maximum absolute atomic E-state index is 9.63. The van der Waals surface area contributed by atoms with Crippen molar-refractivity contribution < 1.29 is 28.8 Å². The number of hydrogen-bond acceptors (Lipinski definition) is 6. The van der Waals surface area contributed by atoms with Crippen molar-refractivity contribution in [3.05, 3.63) is 71.8 Å². The molecule has 9 atom stereocenters. The van der Waals surface area contributed by atoms with Crippen LogP contribution in [0.1, 0.15) is 50.0 Å². The quantitative estimate of drug-likeness (QED) is 0.294. The Morgan fingerprint density at radius 2 is 1.60 bits per heavy atom. The molecule has 0 spiro atoms. The van der Waals surface area contributed by atoms with Crippen LogP contribution in [0.4, 0.5) is 0 Å². The Balaban J connectivity index is 1.26. The van der Waals surface area contributed by atoms with Gasteiger partial charge in [-0.05, 0) is 66.8 Å². The van der Waals surface area contributed by atoms with Gasteiger partial charge in [-0.25, -0.2) is 0 Å².